The molecule has 0 radical (unpaired) electrons. The second-order valence-electron chi connectivity index (χ2n) is 6.45. The van der Waals surface area contributed by atoms with Crippen LogP contribution in [0.25, 0.3) is 0 Å². The van der Waals surface area contributed by atoms with E-state index in [0.717, 1.165) is 18.4 Å². The van der Waals surface area contributed by atoms with Crippen molar-refractivity contribution in [2.24, 2.45) is 0 Å². The van der Waals surface area contributed by atoms with Crippen molar-refractivity contribution in [3.63, 3.8) is 0 Å². The largest absolute Gasteiger partial charge is 0.377 e. The number of nitrogens with one attached hydrogen (secondary N) is 2. The summed E-state index contributed by atoms with van der Waals surface area (Å²) in [6.45, 7) is 2.77. The van der Waals surface area contributed by atoms with Gasteiger partial charge in [-0.25, -0.2) is 13.1 Å². The normalized spacial score (nSPS) is 17.0. The maximum Gasteiger partial charge on any atom is 0.255 e. The van der Waals surface area contributed by atoms with Gasteiger partial charge in [0, 0.05) is 24.4 Å². The lowest BCUT2D eigenvalue weighted by Crippen LogP contribution is -2.32. The minimum Gasteiger partial charge on any atom is -0.377 e. The van der Waals surface area contributed by atoms with Gasteiger partial charge in [0.05, 0.1) is 11.1 Å². The lowest BCUT2D eigenvalue weighted by atomic mass is 10.2. The van der Waals surface area contributed by atoms with Crippen LogP contribution in [-0.2, 0) is 14.8 Å². The topological polar surface area (TPSA) is 84.5 Å². The third-order valence-electron chi connectivity index (χ3n) is 4.32. The number of anilines is 1. The first-order chi connectivity index (χ1) is 12.8. The van der Waals surface area contributed by atoms with E-state index in [1.54, 1.807) is 12.1 Å². The number of hydrogen-bond acceptors (Lipinski definition) is 4. The zero-order chi connectivity index (χ0) is 19.4. The molecule has 144 valence electrons. The summed E-state index contributed by atoms with van der Waals surface area (Å²) in [5.74, 6) is -0.411. The van der Waals surface area contributed by atoms with Crippen molar-refractivity contribution < 1.29 is 17.9 Å². The molecular formula is C19H21ClN2O4S. The number of rotatable bonds is 6. The van der Waals surface area contributed by atoms with Crippen LogP contribution in [0.4, 0.5) is 5.69 Å². The van der Waals surface area contributed by atoms with E-state index in [1.165, 1.54) is 18.2 Å². The Morgan fingerprint density at radius 3 is 2.63 bits per heavy atom. The third kappa shape index (κ3) is 5.07. The highest BCUT2D eigenvalue weighted by molar-refractivity contribution is 7.89. The molecule has 1 heterocycles. The van der Waals surface area contributed by atoms with Crippen LogP contribution in [0.1, 0.15) is 28.8 Å². The van der Waals surface area contributed by atoms with E-state index in [4.69, 9.17) is 16.3 Å². The van der Waals surface area contributed by atoms with Crippen LogP contribution in [0.15, 0.2) is 47.4 Å². The summed E-state index contributed by atoms with van der Waals surface area (Å²) >= 11 is 6.08. The Kier molecular flexibility index (Phi) is 6.16. The number of aryl methyl sites for hydroxylation is 1. The molecule has 0 bridgehead atoms. The summed E-state index contributed by atoms with van der Waals surface area (Å²) in [6.07, 6.45) is 1.60. The van der Waals surface area contributed by atoms with Crippen molar-refractivity contribution in [2.75, 3.05) is 18.5 Å². The van der Waals surface area contributed by atoms with E-state index in [0.29, 0.717) is 12.3 Å². The molecule has 1 aliphatic heterocycles. The number of benzene rings is 2. The summed E-state index contributed by atoms with van der Waals surface area (Å²) in [5.41, 5.74) is 1.91. The molecule has 1 fully saturated rings. The molecule has 1 aliphatic rings. The van der Waals surface area contributed by atoms with Crippen molar-refractivity contribution in [1.29, 1.82) is 0 Å². The number of ether oxygens (including phenoxy) is 1. The smallest absolute Gasteiger partial charge is 0.255 e. The fraction of sp³-hybridized carbons (Fsp3) is 0.316. The fourth-order valence-corrected chi connectivity index (χ4v) is 4.37. The minimum absolute atomic E-state index is 0.0572. The molecule has 1 saturated heterocycles. The van der Waals surface area contributed by atoms with E-state index in [2.05, 4.69) is 10.0 Å². The monoisotopic (exact) mass is 408 g/mol. The molecule has 8 heteroatoms. The van der Waals surface area contributed by atoms with Gasteiger partial charge in [-0.05, 0) is 50.1 Å². The Balaban J connectivity index is 1.76. The highest BCUT2D eigenvalue weighted by Gasteiger charge is 2.23. The first-order valence-electron chi connectivity index (χ1n) is 8.64. The zero-order valence-corrected chi connectivity index (χ0v) is 16.4. The predicted octanol–water partition coefficient (Wildman–Crippen LogP) is 3.36. The van der Waals surface area contributed by atoms with Gasteiger partial charge in [0.25, 0.3) is 5.91 Å². The van der Waals surface area contributed by atoms with Gasteiger partial charge in [-0.2, -0.15) is 0 Å². The Hall–Kier alpha value is -1.93. The van der Waals surface area contributed by atoms with E-state index in [-0.39, 0.29) is 28.1 Å². The van der Waals surface area contributed by atoms with Gasteiger partial charge in [0.15, 0.2) is 0 Å². The molecule has 27 heavy (non-hydrogen) atoms. The Morgan fingerprint density at radius 1 is 1.22 bits per heavy atom. The molecule has 0 saturated carbocycles. The second-order valence-corrected chi connectivity index (χ2v) is 8.59. The van der Waals surface area contributed by atoms with Crippen LogP contribution in [0.3, 0.4) is 0 Å². The first-order valence-corrected chi connectivity index (χ1v) is 10.5. The summed E-state index contributed by atoms with van der Waals surface area (Å²) in [6, 6.07) is 11.5. The maximum atomic E-state index is 12.6. The minimum atomic E-state index is -3.85. The van der Waals surface area contributed by atoms with Crippen LogP contribution in [0.2, 0.25) is 5.02 Å². The van der Waals surface area contributed by atoms with E-state index >= 15 is 0 Å². The predicted molar refractivity (Wildman–Crippen MR) is 105 cm³/mol. The number of carbonyl (C=O) groups is 1. The van der Waals surface area contributed by atoms with Crippen molar-refractivity contribution >= 4 is 33.2 Å². The Labute approximate surface area is 163 Å². The van der Waals surface area contributed by atoms with Gasteiger partial charge >= 0.3 is 0 Å². The van der Waals surface area contributed by atoms with E-state index in [9.17, 15) is 13.2 Å². The van der Waals surface area contributed by atoms with Crippen LogP contribution >= 0.6 is 11.6 Å². The summed E-state index contributed by atoms with van der Waals surface area (Å²) in [5, 5.41) is 2.80. The fourth-order valence-electron chi connectivity index (χ4n) is 2.78. The number of sulfonamides is 1. The molecular weight excluding hydrogens is 388 g/mol. The van der Waals surface area contributed by atoms with Crippen molar-refractivity contribution in [1.82, 2.24) is 4.72 Å². The SMILES string of the molecule is Cc1ccc(NC(=O)c2ccc(Cl)c(S(=O)(=O)NCC3CCCO3)c2)cc1. The van der Waals surface area contributed by atoms with Crippen LogP contribution in [0, 0.1) is 6.92 Å². The standard InChI is InChI=1S/C19H21ClN2O4S/c1-13-4-7-15(8-5-13)22-19(23)14-6-9-17(20)18(11-14)27(24,25)21-12-16-3-2-10-26-16/h4-9,11,16,21H,2-3,10,12H2,1H3,(H,22,23). The molecule has 6 nitrogen and oxygen atoms in total. The van der Waals surface area contributed by atoms with Crippen LogP contribution < -0.4 is 10.0 Å². The van der Waals surface area contributed by atoms with Crippen LogP contribution in [0.5, 0.6) is 0 Å². The molecule has 2 N–H and O–H groups in total. The highest BCUT2D eigenvalue weighted by Crippen LogP contribution is 2.24. The lowest BCUT2D eigenvalue weighted by Gasteiger charge is -2.13. The summed E-state index contributed by atoms with van der Waals surface area (Å²) in [4.78, 5) is 12.3. The molecule has 0 spiro atoms. The molecule has 2 aromatic carbocycles. The molecule has 0 aromatic heterocycles. The summed E-state index contributed by atoms with van der Waals surface area (Å²) in [7, 11) is -3.85. The maximum absolute atomic E-state index is 12.6. The number of hydrogen-bond donors (Lipinski definition) is 2. The first kappa shape index (κ1) is 19.8. The number of amides is 1. The van der Waals surface area contributed by atoms with Gasteiger partial charge in [-0.3, -0.25) is 4.79 Å². The quantitative estimate of drug-likeness (QED) is 0.767. The van der Waals surface area contributed by atoms with Gasteiger partial charge in [0.2, 0.25) is 10.0 Å². The van der Waals surface area contributed by atoms with E-state index in [1.807, 2.05) is 19.1 Å². The van der Waals surface area contributed by atoms with Crippen molar-refractivity contribution in [3.8, 4) is 0 Å². The zero-order valence-electron chi connectivity index (χ0n) is 14.9. The highest BCUT2D eigenvalue weighted by atomic mass is 35.5. The molecule has 3 rings (SSSR count). The molecule has 1 unspecified atom stereocenters. The van der Waals surface area contributed by atoms with Gasteiger partial charge in [-0.1, -0.05) is 29.3 Å². The van der Waals surface area contributed by atoms with E-state index < -0.39 is 15.9 Å². The van der Waals surface area contributed by atoms with Crippen molar-refractivity contribution in [3.05, 3.63) is 58.6 Å². The Bertz CT molecular complexity index is 923. The number of carbonyl (C=O) groups excluding carboxylic acids is 1. The third-order valence-corrected chi connectivity index (χ3v) is 6.22. The Morgan fingerprint density at radius 2 is 1.96 bits per heavy atom. The van der Waals surface area contributed by atoms with Gasteiger partial charge in [-0.15, -0.1) is 0 Å². The average Bonchev–Trinajstić information content (AvgIpc) is 3.16. The molecule has 2 aromatic rings. The lowest BCUT2D eigenvalue weighted by molar-refractivity contribution is 0.102. The molecule has 1 amide bonds. The van der Waals surface area contributed by atoms with Gasteiger partial charge in [0.1, 0.15) is 4.90 Å². The van der Waals surface area contributed by atoms with Gasteiger partial charge < -0.3 is 10.1 Å². The molecule has 0 aliphatic carbocycles. The molecule has 1 atom stereocenters. The number of halogens is 1. The second kappa shape index (κ2) is 8.39. The average molecular weight is 409 g/mol. The van der Waals surface area contributed by atoms with Crippen LogP contribution in [-0.4, -0.2) is 33.6 Å². The summed E-state index contributed by atoms with van der Waals surface area (Å²) < 4.78 is 33.1. The van der Waals surface area contributed by atoms with Crippen molar-refractivity contribution in [2.45, 2.75) is 30.8 Å².